The molecule has 25 heavy (non-hydrogen) atoms. The molecule has 0 bridgehead atoms. The third-order valence-electron chi connectivity index (χ3n) is 4.61. The van der Waals surface area contributed by atoms with Crippen molar-refractivity contribution in [2.45, 2.75) is 28.7 Å². The SMILES string of the molecule is CSc1ccccc1S(=O)(=O)N1CCCC(N2CCNCC2=O)C1.Cl. The van der Waals surface area contributed by atoms with E-state index < -0.39 is 10.0 Å². The van der Waals surface area contributed by atoms with Crippen LogP contribution in [-0.4, -0.2) is 68.6 Å². The molecule has 1 unspecified atom stereocenters. The molecule has 2 fully saturated rings. The van der Waals surface area contributed by atoms with E-state index in [1.807, 2.05) is 23.3 Å². The van der Waals surface area contributed by atoms with Gasteiger partial charge in [0.15, 0.2) is 0 Å². The van der Waals surface area contributed by atoms with Crippen LogP contribution in [0.1, 0.15) is 12.8 Å². The number of nitrogens with zero attached hydrogens (tertiary/aromatic N) is 2. The van der Waals surface area contributed by atoms with Crippen molar-refractivity contribution in [1.29, 1.82) is 0 Å². The highest BCUT2D eigenvalue weighted by Gasteiger charge is 2.35. The number of benzene rings is 1. The van der Waals surface area contributed by atoms with Gasteiger partial charge in [-0.1, -0.05) is 12.1 Å². The summed E-state index contributed by atoms with van der Waals surface area (Å²) in [6.07, 6.45) is 3.53. The number of nitrogens with one attached hydrogen (secondary N) is 1. The Kier molecular flexibility index (Phi) is 7.16. The first-order chi connectivity index (χ1) is 11.5. The summed E-state index contributed by atoms with van der Waals surface area (Å²) in [5.41, 5.74) is 0. The first kappa shape index (κ1) is 20.5. The zero-order valence-corrected chi connectivity index (χ0v) is 16.6. The summed E-state index contributed by atoms with van der Waals surface area (Å²) in [6, 6.07) is 7.08. The van der Waals surface area contributed by atoms with E-state index >= 15 is 0 Å². The minimum Gasteiger partial charge on any atom is -0.336 e. The smallest absolute Gasteiger partial charge is 0.244 e. The number of carbonyl (C=O) groups is 1. The highest BCUT2D eigenvalue weighted by Crippen LogP contribution is 2.29. The van der Waals surface area contributed by atoms with Gasteiger partial charge in [0.2, 0.25) is 15.9 Å². The van der Waals surface area contributed by atoms with Crippen molar-refractivity contribution in [3.05, 3.63) is 24.3 Å². The molecule has 1 N–H and O–H groups in total. The van der Waals surface area contributed by atoms with Gasteiger partial charge in [-0.25, -0.2) is 8.42 Å². The van der Waals surface area contributed by atoms with Gasteiger partial charge in [-0.2, -0.15) is 4.31 Å². The van der Waals surface area contributed by atoms with E-state index in [1.54, 1.807) is 16.4 Å². The Morgan fingerprint density at radius 2 is 2.00 bits per heavy atom. The van der Waals surface area contributed by atoms with Crippen LogP contribution in [0.5, 0.6) is 0 Å². The van der Waals surface area contributed by atoms with Crippen molar-refractivity contribution in [2.24, 2.45) is 0 Å². The van der Waals surface area contributed by atoms with E-state index in [9.17, 15) is 13.2 Å². The molecule has 140 valence electrons. The highest BCUT2D eigenvalue weighted by atomic mass is 35.5. The third kappa shape index (κ3) is 4.31. The number of piperazine rings is 1. The van der Waals surface area contributed by atoms with Crippen LogP contribution in [0.4, 0.5) is 0 Å². The largest absolute Gasteiger partial charge is 0.336 e. The maximum Gasteiger partial charge on any atom is 0.244 e. The Hall–Kier alpha value is -0.800. The number of amides is 1. The van der Waals surface area contributed by atoms with Crippen molar-refractivity contribution in [3.8, 4) is 0 Å². The minimum absolute atomic E-state index is 0. The van der Waals surface area contributed by atoms with Crippen molar-refractivity contribution in [1.82, 2.24) is 14.5 Å². The van der Waals surface area contributed by atoms with Crippen molar-refractivity contribution in [3.63, 3.8) is 0 Å². The molecular formula is C16H24ClN3O3S2. The van der Waals surface area contributed by atoms with Gasteiger partial charge in [0, 0.05) is 37.1 Å². The zero-order valence-electron chi connectivity index (χ0n) is 14.2. The van der Waals surface area contributed by atoms with Crippen LogP contribution in [0.2, 0.25) is 0 Å². The number of hydrogen-bond donors (Lipinski definition) is 1. The topological polar surface area (TPSA) is 69.7 Å². The molecule has 2 saturated heterocycles. The quantitative estimate of drug-likeness (QED) is 0.767. The molecule has 0 saturated carbocycles. The first-order valence-corrected chi connectivity index (χ1v) is 10.8. The van der Waals surface area contributed by atoms with E-state index in [0.29, 0.717) is 31.1 Å². The third-order valence-corrected chi connectivity index (χ3v) is 7.46. The molecule has 1 aromatic rings. The molecule has 1 atom stereocenters. The molecule has 0 aliphatic carbocycles. The maximum absolute atomic E-state index is 13.1. The lowest BCUT2D eigenvalue weighted by atomic mass is 10.1. The Labute approximate surface area is 159 Å². The second-order valence-electron chi connectivity index (χ2n) is 6.07. The minimum atomic E-state index is -3.53. The number of rotatable bonds is 4. The normalized spacial score (nSPS) is 22.5. The molecule has 0 spiro atoms. The second kappa shape index (κ2) is 8.73. The lowest BCUT2D eigenvalue weighted by molar-refractivity contribution is -0.135. The van der Waals surface area contributed by atoms with Crippen molar-refractivity contribution < 1.29 is 13.2 Å². The molecule has 2 aliphatic rings. The highest BCUT2D eigenvalue weighted by molar-refractivity contribution is 7.99. The van der Waals surface area contributed by atoms with Gasteiger partial charge in [-0.05, 0) is 31.2 Å². The molecule has 2 heterocycles. The fourth-order valence-corrected chi connectivity index (χ4v) is 6.01. The number of carbonyl (C=O) groups excluding carboxylic acids is 1. The van der Waals surface area contributed by atoms with Crippen molar-refractivity contribution >= 4 is 40.1 Å². The van der Waals surface area contributed by atoms with Gasteiger partial charge >= 0.3 is 0 Å². The van der Waals surface area contributed by atoms with Gasteiger partial charge in [-0.15, -0.1) is 24.2 Å². The fourth-order valence-electron chi connectivity index (χ4n) is 3.37. The summed E-state index contributed by atoms with van der Waals surface area (Å²) in [5, 5.41) is 3.06. The van der Waals surface area contributed by atoms with Crippen LogP contribution in [0.3, 0.4) is 0 Å². The Morgan fingerprint density at radius 3 is 2.72 bits per heavy atom. The molecule has 3 rings (SSSR count). The summed E-state index contributed by atoms with van der Waals surface area (Å²) < 4.78 is 27.7. The average molecular weight is 406 g/mol. The zero-order chi connectivity index (χ0) is 17.2. The van der Waals surface area contributed by atoms with Gasteiger partial charge in [0.1, 0.15) is 0 Å². The second-order valence-corrected chi connectivity index (χ2v) is 8.83. The van der Waals surface area contributed by atoms with E-state index in [0.717, 1.165) is 24.3 Å². The fraction of sp³-hybridized carbons (Fsp3) is 0.562. The predicted molar refractivity (Wildman–Crippen MR) is 102 cm³/mol. The number of halogens is 1. The van der Waals surface area contributed by atoms with Gasteiger partial charge in [-0.3, -0.25) is 4.79 Å². The molecule has 0 radical (unpaired) electrons. The number of thioether (sulfide) groups is 1. The van der Waals surface area contributed by atoms with Gasteiger partial charge in [0.25, 0.3) is 0 Å². The first-order valence-electron chi connectivity index (χ1n) is 8.17. The van der Waals surface area contributed by atoms with Crippen LogP contribution in [0, 0.1) is 0 Å². The molecule has 1 amide bonds. The Balaban J connectivity index is 0.00000225. The van der Waals surface area contributed by atoms with Crippen LogP contribution >= 0.6 is 24.2 Å². The monoisotopic (exact) mass is 405 g/mol. The number of sulfonamides is 1. The molecule has 1 aromatic carbocycles. The summed E-state index contributed by atoms with van der Waals surface area (Å²) in [4.78, 5) is 15.1. The summed E-state index contributed by atoms with van der Waals surface area (Å²) in [5.74, 6) is 0.0648. The molecule has 9 heteroatoms. The summed E-state index contributed by atoms with van der Waals surface area (Å²) in [6.45, 7) is 2.67. The van der Waals surface area contributed by atoms with E-state index in [1.165, 1.54) is 11.8 Å². The molecular weight excluding hydrogens is 382 g/mol. The number of hydrogen-bond acceptors (Lipinski definition) is 5. The van der Waals surface area contributed by atoms with Gasteiger partial charge < -0.3 is 10.2 Å². The molecule has 6 nitrogen and oxygen atoms in total. The maximum atomic E-state index is 13.1. The van der Waals surface area contributed by atoms with Crippen LogP contribution in [0.15, 0.2) is 34.1 Å². The van der Waals surface area contributed by atoms with E-state index in [-0.39, 0.29) is 24.4 Å². The number of piperidine rings is 1. The lowest BCUT2D eigenvalue weighted by Gasteiger charge is -2.40. The summed E-state index contributed by atoms with van der Waals surface area (Å²) in [7, 11) is -3.53. The van der Waals surface area contributed by atoms with Crippen LogP contribution in [0.25, 0.3) is 0 Å². The van der Waals surface area contributed by atoms with Crippen molar-refractivity contribution in [2.75, 3.05) is 39.0 Å². The standard InChI is InChI=1S/C16H23N3O3S2.ClH/c1-23-14-6-2-3-7-15(14)24(21,22)18-9-4-5-13(12-18)19-10-8-17-11-16(19)20;/h2-3,6-7,13,17H,4-5,8-12H2,1H3;1H. The lowest BCUT2D eigenvalue weighted by Crippen LogP contribution is -2.57. The van der Waals surface area contributed by atoms with Crippen LogP contribution in [-0.2, 0) is 14.8 Å². The predicted octanol–water partition coefficient (Wildman–Crippen LogP) is 1.42. The summed E-state index contributed by atoms with van der Waals surface area (Å²) >= 11 is 1.44. The molecule has 0 aromatic heterocycles. The average Bonchev–Trinajstić information content (AvgIpc) is 2.62. The van der Waals surface area contributed by atoms with Gasteiger partial charge in [0.05, 0.1) is 11.4 Å². The Bertz CT molecular complexity index is 714. The Morgan fingerprint density at radius 1 is 1.24 bits per heavy atom. The molecule has 2 aliphatic heterocycles. The van der Waals surface area contributed by atoms with E-state index in [4.69, 9.17) is 0 Å². The van der Waals surface area contributed by atoms with E-state index in [2.05, 4.69) is 5.32 Å². The van der Waals surface area contributed by atoms with Crippen LogP contribution < -0.4 is 5.32 Å².